The number of hydrogen-bond acceptors (Lipinski definition) is 6. The zero-order valence-corrected chi connectivity index (χ0v) is 14.5. The third kappa shape index (κ3) is 5.93. The number of carbonyl (C=O) groups is 2. The van der Waals surface area contributed by atoms with Crippen LogP contribution in [0.15, 0.2) is 28.4 Å². The van der Waals surface area contributed by atoms with Crippen LogP contribution in [0.25, 0.3) is 0 Å². The van der Waals surface area contributed by atoms with Gasteiger partial charge in [0.15, 0.2) is 5.75 Å². The summed E-state index contributed by atoms with van der Waals surface area (Å²) in [6.45, 7) is 0. The summed E-state index contributed by atoms with van der Waals surface area (Å²) in [5.41, 5.74) is -0.890. The predicted molar refractivity (Wildman–Crippen MR) is 81.6 cm³/mol. The largest absolute Gasteiger partial charge is 0.573 e. The Kier molecular flexibility index (Phi) is 6.91. The van der Waals surface area contributed by atoms with Crippen molar-refractivity contribution in [3.05, 3.63) is 33.4 Å². The van der Waals surface area contributed by atoms with Crippen molar-refractivity contribution in [2.24, 2.45) is 0 Å². The fourth-order valence-corrected chi connectivity index (χ4v) is 2.27. The van der Waals surface area contributed by atoms with Crippen molar-refractivity contribution in [1.29, 1.82) is 0 Å². The minimum Gasteiger partial charge on any atom is -0.466 e. The maximum atomic E-state index is 12.5. The van der Waals surface area contributed by atoms with Gasteiger partial charge in [-0.05, 0) is 12.1 Å². The van der Waals surface area contributed by atoms with Crippen molar-refractivity contribution in [2.75, 3.05) is 19.5 Å². The van der Waals surface area contributed by atoms with E-state index in [1.54, 1.807) is 0 Å². The number of ether oxygens (including phenoxy) is 3. The van der Waals surface area contributed by atoms with E-state index in [9.17, 15) is 22.8 Å². The molecule has 0 spiro atoms. The van der Waals surface area contributed by atoms with Crippen LogP contribution in [0.4, 0.5) is 18.9 Å². The quantitative estimate of drug-likeness (QED) is 0.566. The molecule has 0 amide bonds. The molecule has 1 aromatic carbocycles. The van der Waals surface area contributed by atoms with Crippen LogP contribution in [0.1, 0.15) is 0 Å². The van der Waals surface area contributed by atoms with E-state index in [1.165, 1.54) is 6.07 Å². The lowest BCUT2D eigenvalue weighted by atomic mass is 10.2. The summed E-state index contributed by atoms with van der Waals surface area (Å²) in [4.78, 5) is 23.0. The van der Waals surface area contributed by atoms with Crippen LogP contribution in [0.2, 0.25) is 5.02 Å². The Labute approximate surface area is 147 Å². The molecule has 0 fully saturated rings. The average Bonchev–Trinajstić information content (AvgIpc) is 2.46. The van der Waals surface area contributed by atoms with Gasteiger partial charge in [0.05, 0.1) is 25.3 Å². The maximum Gasteiger partial charge on any atom is 0.573 e. The number of rotatable bonds is 5. The van der Waals surface area contributed by atoms with Gasteiger partial charge in [-0.25, -0.2) is 9.59 Å². The number of benzene rings is 1. The molecule has 1 N–H and O–H groups in total. The summed E-state index contributed by atoms with van der Waals surface area (Å²) in [6.07, 6.45) is -4.31. The monoisotopic (exact) mass is 431 g/mol. The number of carbonyl (C=O) groups excluding carboxylic acids is 2. The number of hydrogen-bond donors (Lipinski definition) is 1. The molecule has 0 aliphatic rings. The minimum absolute atomic E-state index is 0.203. The van der Waals surface area contributed by atoms with Crippen LogP contribution in [-0.2, 0) is 19.1 Å². The number of alkyl halides is 3. The molecule has 0 bridgehead atoms. The molecule has 0 aliphatic carbocycles. The Morgan fingerprint density at radius 3 is 2.38 bits per heavy atom. The lowest BCUT2D eigenvalue weighted by molar-refractivity contribution is -0.274. The third-order valence-corrected chi connectivity index (χ3v) is 3.13. The van der Waals surface area contributed by atoms with E-state index in [1.807, 2.05) is 0 Å². The Morgan fingerprint density at radius 2 is 1.88 bits per heavy atom. The Morgan fingerprint density at radius 1 is 1.25 bits per heavy atom. The van der Waals surface area contributed by atoms with Crippen LogP contribution in [0.5, 0.6) is 5.75 Å². The first kappa shape index (κ1) is 20.1. The molecule has 132 valence electrons. The van der Waals surface area contributed by atoms with Crippen LogP contribution < -0.4 is 10.1 Å². The fraction of sp³-hybridized carbons (Fsp3) is 0.231. The van der Waals surface area contributed by atoms with Gasteiger partial charge >= 0.3 is 18.3 Å². The van der Waals surface area contributed by atoms with Gasteiger partial charge in [-0.1, -0.05) is 27.5 Å². The first-order chi connectivity index (χ1) is 11.1. The first-order valence-corrected chi connectivity index (χ1v) is 7.14. The highest BCUT2D eigenvalue weighted by atomic mass is 79.9. The SMILES string of the molecule is COC(=O)/C=C(/Nc1c(Cl)cc(Br)cc1OC(F)(F)F)C(=O)OC. The summed E-state index contributed by atoms with van der Waals surface area (Å²) in [5.74, 6) is -2.69. The average molecular weight is 433 g/mol. The molecule has 1 rings (SSSR count). The van der Waals surface area contributed by atoms with Crippen molar-refractivity contribution < 1.29 is 37.0 Å². The standard InChI is InChI=1S/C13H10BrClF3NO5/c1-22-10(20)5-8(12(21)23-2)19-11-7(15)3-6(14)4-9(11)24-13(16,17)18/h3-5,19H,1-2H3/b8-5+. The topological polar surface area (TPSA) is 73.9 Å². The summed E-state index contributed by atoms with van der Waals surface area (Å²) in [6, 6.07) is 2.24. The van der Waals surface area contributed by atoms with E-state index in [0.29, 0.717) is 6.08 Å². The Hall–Kier alpha value is -1.94. The molecule has 0 aliphatic heterocycles. The summed E-state index contributed by atoms with van der Waals surface area (Å²) in [5, 5.41) is 2.08. The highest BCUT2D eigenvalue weighted by Gasteiger charge is 2.33. The number of anilines is 1. The molecule has 0 aromatic heterocycles. The maximum absolute atomic E-state index is 12.5. The minimum atomic E-state index is -5.00. The van der Waals surface area contributed by atoms with E-state index in [0.717, 1.165) is 20.3 Å². The van der Waals surface area contributed by atoms with Crippen molar-refractivity contribution in [2.45, 2.75) is 6.36 Å². The van der Waals surface area contributed by atoms with E-state index in [-0.39, 0.29) is 9.50 Å². The Bertz CT molecular complexity index is 678. The smallest absolute Gasteiger partial charge is 0.466 e. The predicted octanol–water partition coefficient (Wildman–Crippen LogP) is 3.64. The molecule has 0 heterocycles. The van der Waals surface area contributed by atoms with E-state index < -0.39 is 35.4 Å². The van der Waals surface area contributed by atoms with Gasteiger partial charge in [-0.15, -0.1) is 13.2 Å². The molecular formula is C13H10BrClF3NO5. The molecule has 0 saturated heterocycles. The van der Waals surface area contributed by atoms with Gasteiger partial charge in [0.1, 0.15) is 11.4 Å². The van der Waals surface area contributed by atoms with Crippen molar-refractivity contribution in [3.63, 3.8) is 0 Å². The van der Waals surface area contributed by atoms with Gasteiger partial charge in [0, 0.05) is 4.47 Å². The van der Waals surface area contributed by atoms with Crippen LogP contribution in [-0.4, -0.2) is 32.5 Å². The van der Waals surface area contributed by atoms with Gasteiger partial charge < -0.3 is 19.5 Å². The normalized spacial score (nSPS) is 11.7. The number of nitrogens with one attached hydrogen (secondary N) is 1. The molecule has 0 saturated carbocycles. The third-order valence-electron chi connectivity index (χ3n) is 2.37. The zero-order valence-electron chi connectivity index (χ0n) is 12.2. The zero-order chi connectivity index (χ0) is 18.5. The lowest BCUT2D eigenvalue weighted by Gasteiger charge is -2.17. The van der Waals surface area contributed by atoms with E-state index >= 15 is 0 Å². The second-order valence-corrected chi connectivity index (χ2v) is 5.33. The summed E-state index contributed by atoms with van der Waals surface area (Å²) in [7, 11) is 2.07. The van der Waals surface area contributed by atoms with Crippen molar-refractivity contribution >= 4 is 45.2 Å². The van der Waals surface area contributed by atoms with Gasteiger partial charge in [0.25, 0.3) is 0 Å². The molecule has 0 radical (unpaired) electrons. The highest BCUT2D eigenvalue weighted by molar-refractivity contribution is 9.10. The van der Waals surface area contributed by atoms with Gasteiger partial charge in [-0.3, -0.25) is 0 Å². The van der Waals surface area contributed by atoms with Crippen LogP contribution >= 0.6 is 27.5 Å². The molecule has 0 atom stereocenters. The molecule has 0 unspecified atom stereocenters. The molecule has 6 nitrogen and oxygen atoms in total. The van der Waals surface area contributed by atoms with Crippen molar-refractivity contribution in [3.8, 4) is 5.75 Å². The van der Waals surface area contributed by atoms with Gasteiger partial charge in [0.2, 0.25) is 0 Å². The number of methoxy groups -OCH3 is 2. The second-order valence-electron chi connectivity index (χ2n) is 4.01. The summed E-state index contributed by atoms with van der Waals surface area (Å²) < 4.78 is 50.4. The van der Waals surface area contributed by atoms with Crippen LogP contribution in [0, 0.1) is 0 Å². The van der Waals surface area contributed by atoms with E-state index in [4.69, 9.17) is 11.6 Å². The fourth-order valence-electron chi connectivity index (χ4n) is 1.44. The lowest BCUT2D eigenvalue weighted by Crippen LogP contribution is -2.20. The second kappa shape index (κ2) is 8.25. The number of halogens is 5. The molecule has 11 heteroatoms. The first-order valence-electron chi connectivity index (χ1n) is 5.97. The summed E-state index contributed by atoms with van der Waals surface area (Å²) >= 11 is 8.87. The number of esters is 2. The molecular weight excluding hydrogens is 422 g/mol. The molecule has 1 aromatic rings. The van der Waals surface area contributed by atoms with Crippen LogP contribution in [0.3, 0.4) is 0 Å². The van der Waals surface area contributed by atoms with Crippen molar-refractivity contribution in [1.82, 2.24) is 0 Å². The highest BCUT2D eigenvalue weighted by Crippen LogP contribution is 2.39. The molecule has 24 heavy (non-hydrogen) atoms. The van der Waals surface area contributed by atoms with E-state index in [2.05, 4.69) is 35.5 Å². The Balaban J connectivity index is 3.35. The van der Waals surface area contributed by atoms with Gasteiger partial charge in [-0.2, -0.15) is 0 Å².